The van der Waals surface area contributed by atoms with E-state index in [0.29, 0.717) is 31.7 Å². The zero-order chi connectivity index (χ0) is 19.9. The van der Waals surface area contributed by atoms with E-state index in [1.54, 1.807) is 0 Å². The summed E-state index contributed by atoms with van der Waals surface area (Å²) in [6.07, 6.45) is 1.37. The topological polar surface area (TPSA) is 43.9 Å². The van der Waals surface area contributed by atoms with Gasteiger partial charge in [0.25, 0.3) is 5.91 Å². The lowest BCUT2D eigenvalue weighted by Gasteiger charge is -2.35. The highest BCUT2D eigenvalue weighted by atomic mass is 16.2. The Morgan fingerprint density at radius 2 is 1.64 bits per heavy atom. The van der Waals surface area contributed by atoms with Crippen LogP contribution in [0, 0.1) is 0 Å². The number of hydrogen-bond donors (Lipinski definition) is 0. The molecule has 0 spiro atoms. The van der Waals surface area contributed by atoms with Crippen LogP contribution in [0.25, 0.3) is 0 Å². The minimum Gasteiger partial charge on any atom is -0.368 e. The highest BCUT2D eigenvalue weighted by Crippen LogP contribution is 2.19. The molecule has 0 N–H and O–H groups in total. The van der Waals surface area contributed by atoms with Crippen LogP contribution in [0.5, 0.6) is 0 Å². The number of carbonyl (C=O) groups is 2. The van der Waals surface area contributed by atoms with Crippen molar-refractivity contribution in [1.29, 1.82) is 0 Å². The van der Waals surface area contributed by atoms with E-state index in [1.807, 2.05) is 71.3 Å². The molecule has 5 nitrogen and oxygen atoms in total. The summed E-state index contributed by atoms with van der Waals surface area (Å²) >= 11 is 0. The Kier molecular flexibility index (Phi) is 6.48. The van der Waals surface area contributed by atoms with E-state index in [-0.39, 0.29) is 11.8 Å². The van der Waals surface area contributed by atoms with Crippen LogP contribution in [0.2, 0.25) is 0 Å². The van der Waals surface area contributed by atoms with Crippen molar-refractivity contribution >= 4 is 17.5 Å². The molecule has 1 saturated heterocycles. The number of piperazine rings is 1. The normalized spacial score (nSPS) is 13.9. The summed E-state index contributed by atoms with van der Waals surface area (Å²) in [6, 6.07) is 17.8. The van der Waals surface area contributed by atoms with Crippen molar-refractivity contribution < 1.29 is 9.59 Å². The van der Waals surface area contributed by atoms with Gasteiger partial charge in [-0.05, 0) is 42.8 Å². The van der Waals surface area contributed by atoms with Gasteiger partial charge in [-0.25, -0.2) is 0 Å². The largest absolute Gasteiger partial charge is 0.368 e. The van der Waals surface area contributed by atoms with Crippen molar-refractivity contribution in [3.05, 3.63) is 78.4 Å². The van der Waals surface area contributed by atoms with Gasteiger partial charge < -0.3 is 14.7 Å². The SMILES string of the molecule is C=CC(=O)N1CCN(c2ccc(C(=O)N(CC)Cc3ccccc3)cc2)CC1. The summed E-state index contributed by atoms with van der Waals surface area (Å²) in [5.74, 6) is 0.0259. The minimum absolute atomic E-state index is 0.0151. The molecule has 1 heterocycles. The zero-order valence-electron chi connectivity index (χ0n) is 16.4. The third-order valence-corrected chi connectivity index (χ3v) is 5.13. The summed E-state index contributed by atoms with van der Waals surface area (Å²) in [6.45, 7) is 9.75. The molecule has 5 heteroatoms. The first-order valence-electron chi connectivity index (χ1n) is 9.72. The molecule has 0 bridgehead atoms. The maximum atomic E-state index is 12.9. The van der Waals surface area contributed by atoms with Gasteiger partial charge in [0.15, 0.2) is 0 Å². The number of carbonyl (C=O) groups excluding carboxylic acids is 2. The molecule has 0 atom stereocenters. The second-order valence-electron chi connectivity index (χ2n) is 6.87. The standard InChI is InChI=1S/C23H27N3O2/c1-3-22(27)26-16-14-25(15-17-26)21-12-10-20(11-13-21)23(28)24(4-2)18-19-8-6-5-7-9-19/h3,5-13H,1,4,14-18H2,2H3. The monoisotopic (exact) mass is 377 g/mol. The minimum atomic E-state index is -0.0151. The van der Waals surface area contributed by atoms with Crippen molar-refractivity contribution in [2.24, 2.45) is 0 Å². The van der Waals surface area contributed by atoms with Gasteiger partial charge in [-0.3, -0.25) is 9.59 Å². The molecule has 1 aliphatic rings. The highest BCUT2D eigenvalue weighted by Gasteiger charge is 2.20. The lowest BCUT2D eigenvalue weighted by molar-refractivity contribution is -0.126. The van der Waals surface area contributed by atoms with Crippen molar-refractivity contribution in [3.63, 3.8) is 0 Å². The first kappa shape index (κ1) is 19.7. The summed E-state index contributed by atoms with van der Waals surface area (Å²) in [5, 5.41) is 0. The lowest BCUT2D eigenvalue weighted by atomic mass is 10.1. The predicted octanol–water partition coefficient (Wildman–Crippen LogP) is 3.18. The first-order chi connectivity index (χ1) is 13.6. The Bertz CT molecular complexity index is 810. The molecule has 0 unspecified atom stereocenters. The van der Waals surface area contributed by atoms with Crippen LogP contribution >= 0.6 is 0 Å². The smallest absolute Gasteiger partial charge is 0.254 e. The molecule has 0 aromatic heterocycles. The van der Waals surface area contributed by atoms with Crippen LogP contribution in [-0.2, 0) is 11.3 Å². The predicted molar refractivity (Wildman–Crippen MR) is 112 cm³/mol. The second kappa shape index (κ2) is 9.22. The maximum Gasteiger partial charge on any atom is 0.254 e. The summed E-state index contributed by atoms with van der Waals surface area (Å²) in [7, 11) is 0. The summed E-state index contributed by atoms with van der Waals surface area (Å²) < 4.78 is 0. The van der Waals surface area contributed by atoms with Crippen molar-refractivity contribution in [2.45, 2.75) is 13.5 Å². The fourth-order valence-electron chi connectivity index (χ4n) is 3.44. The van der Waals surface area contributed by atoms with Crippen LogP contribution in [0.15, 0.2) is 67.3 Å². The van der Waals surface area contributed by atoms with E-state index in [2.05, 4.69) is 11.5 Å². The van der Waals surface area contributed by atoms with E-state index in [0.717, 1.165) is 24.3 Å². The van der Waals surface area contributed by atoms with Gasteiger partial charge in [-0.2, -0.15) is 0 Å². The third-order valence-electron chi connectivity index (χ3n) is 5.13. The number of hydrogen-bond acceptors (Lipinski definition) is 3. The Balaban J connectivity index is 1.62. The summed E-state index contributed by atoms with van der Waals surface area (Å²) in [5.41, 5.74) is 2.90. The Morgan fingerprint density at radius 1 is 1.00 bits per heavy atom. The van der Waals surface area contributed by atoms with E-state index >= 15 is 0 Å². The molecule has 28 heavy (non-hydrogen) atoms. The quantitative estimate of drug-likeness (QED) is 0.726. The Morgan fingerprint density at radius 3 is 2.21 bits per heavy atom. The van der Waals surface area contributed by atoms with Crippen molar-refractivity contribution in [1.82, 2.24) is 9.80 Å². The van der Waals surface area contributed by atoms with Crippen molar-refractivity contribution in [2.75, 3.05) is 37.6 Å². The van der Waals surface area contributed by atoms with E-state index in [9.17, 15) is 9.59 Å². The van der Waals surface area contributed by atoms with Crippen LogP contribution in [0.4, 0.5) is 5.69 Å². The van der Waals surface area contributed by atoms with Gasteiger partial charge >= 0.3 is 0 Å². The Hall–Kier alpha value is -3.08. The van der Waals surface area contributed by atoms with Crippen molar-refractivity contribution in [3.8, 4) is 0 Å². The molecule has 146 valence electrons. The first-order valence-corrected chi connectivity index (χ1v) is 9.72. The van der Waals surface area contributed by atoms with Crippen LogP contribution in [0.3, 0.4) is 0 Å². The number of benzene rings is 2. The fourth-order valence-corrected chi connectivity index (χ4v) is 3.44. The molecule has 0 aliphatic carbocycles. The van der Waals surface area contributed by atoms with Gasteiger partial charge in [0.1, 0.15) is 0 Å². The number of amides is 2. The average molecular weight is 377 g/mol. The highest BCUT2D eigenvalue weighted by molar-refractivity contribution is 5.94. The molecular formula is C23H27N3O2. The molecule has 2 aromatic carbocycles. The Labute approximate surface area is 166 Å². The fraction of sp³-hybridized carbons (Fsp3) is 0.304. The van der Waals surface area contributed by atoms with Gasteiger partial charge in [0, 0.05) is 50.5 Å². The van der Waals surface area contributed by atoms with Crippen LogP contribution < -0.4 is 4.90 Å². The molecule has 3 rings (SSSR count). The van der Waals surface area contributed by atoms with E-state index < -0.39 is 0 Å². The number of rotatable bonds is 6. The van der Waals surface area contributed by atoms with Crippen LogP contribution in [-0.4, -0.2) is 54.3 Å². The van der Waals surface area contributed by atoms with Gasteiger partial charge in [-0.15, -0.1) is 0 Å². The maximum absolute atomic E-state index is 12.9. The molecule has 1 aliphatic heterocycles. The van der Waals surface area contributed by atoms with Gasteiger partial charge in [0.05, 0.1) is 0 Å². The molecule has 0 radical (unpaired) electrons. The molecule has 2 aromatic rings. The number of nitrogens with zero attached hydrogens (tertiary/aromatic N) is 3. The molecular weight excluding hydrogens is 350 g/mol. The lowest BCUT2D eigenvalue weighted by Crippen LogP contribution is -2.48. The van der Waals surface area contributed by atoms with Gasteiger partial charge in [0.2, 0.25) is 5.91 Å². The second-order valence-corrected chi connectivity index (χ2v) is 6.87. The summed E-state index contributed by atoms with van der Waals surface area (Å²) in [4.78, 5) is 30.5. The third kappa shape index (κ3) is 4.60. The molecule has 2 amide bonds. The molecule has 1 fully saturated rings. The van der Waals surface area contributed by atoms with E-state index in [1.165, 1.54) is 6.08 Å². The van der Waals surface area contributed by atoms with E-state index in [4.69, 9.17) is 0 Å². The van der Waals surface area contributed by atoms with Gasteiger partial charge in [-0.1, -0.05) is 36.9 Å². The average Bonchev–Trinajstić information content (AvgIpc) is 2.77. The van der Waals surface area contributed by atoms with Crippen LogP contribution in [0.1, 0.15) is 22.8 Å². The molecule has 0 saturated carbocycles. The zero-order valence-corrected chi connectivity index (χ0v) is 16.4. The number of anilines is 1.